The second-order valence-electron chi connectivity index (χ2n) is 2.18. The molecule has 0 bridgehead atoms. The first kappa shape index (κ1) is 6.50. The number of hydrogen-bond acceptors (Lipinski definition) is 2. The maximum Gasteiger partial charge on any atom is 0.0298 e. The molecule has 0 aromatic carbocycles. The standard InChI is InChI=1S/C5H12N2/c1-5(2,7)3-4-6/h3-4H,6-7H2,1-2H3. The van der Waals surface area contributed by atoms with Crippen LogP contribution in [-0.4, -0.2) is 5.54 Å². The Morgan fingerprint density at radius 1 is 1.43 bits per heavy atom. The SMILES string of the molecule is CC(C)(N)C=CN. The molecule has 0 saturated heterocycles. The number of nitrogens with two attached hydrogens (primary N) is 2. The fourth-order valence-corrected chi connectivity index (χ4v) is 0.248. The van der Waals surface area contributed by atoms with E-state index in [9.17, 15) is 0 Å². The van der Waals surface area contributed by atoms with Crippen molar-refractivity contribution in [2.45, 2.75) is 19.4 Å². The van der Waals surface area contributed by atoms with Gasteiger partial charge >= 0.3 is 0 Å². The van der Waals surface area contributed by atoms with Crippen molar-refractivity contribution in [2.24, 2.45) is 11.5 Å². The summed E-state index contributed by atoms with van der Waals surface area (Å²) < 4.78 is 0. The van der Waals surface area contributed by atoms with E-state index in [1.807, 2.05) is 13.8 Å². The van der Waals surface area contributed by atoms with Crippen molar-refractivity contribution in [3.8, 4) is 0 Å². The van der Waals surface area contributed by atoms with Gasteiger partial charge in [0.05, 0.1) is 0 Å². The van der Waals surface area contributed by atoms with Gasteiger partial charge in [0, 0.05) is 5.54 Å². The highest BCUT2D eigenvalue weighted by molar-refractivity contribution is 4.95. The largest absolute Gasteiger partial charge is 0.405 e. The van der Waals surface area contributed by atoms with Gasteiger partial charge in [-0.1, -0.05) is 0 Å². The van der Waals surface area contributed by atoms with Gasteiger partial charge in [0.2, 0.25) is 0 Å². The maximum atomic E-state index is 5.48. The summed E-state index contributed by atoms with van der Waals surface area (Å²) in [5.74, 6) is 0. The highest BCUT2D eigenvalue weighted by atomic mass is 14.7. The van der Waals surface area contributed by atoms with Crippen molar-refractivity contribution in [2.75, 3.05) is 0 Å². The fraction of sp³-hybridized carbons (Fsp3) is 0.600. The van der Waals surface area contributed by atoms with E-state index in [2.05, 4.69) is 0 Å². The van der Waals surface area contributed by atoms with Gasteiger partial charge in [0.25, 0.3) is 0 Å². The molecule has 0 radical (unpaired) electrons. The van der Waals surface area contributed by atoms with Gasteiger partial charge in [0.15, 0.2) is 0 Å². The zero-order valence-electron chi connectivity index (χ0n) is 4.81. The van der Waals surface area contributed by atoms with Gasteiger partial charge in [-0.15, -0.1) is 0 Å². The van der Waals surface area contributed by atoms with Gasteiger partial charge in [-0.05, 0) is 26.1 Å². The molecule has 0 saturated carbocycles. The van der Waals surface area contributed by atoms with Crippen molar-refractivity contribution >= 4 is 0 Å². The lowest BCUT2D eigenvalue weighted by Gasteiger charge is -2.09. The van der Waals surface area contributed by atoms with E-state index in [-0.39, 0.29) is 5.54 Å². The summed E-state index contributed by atoms with van der Waals surface area (Å²) in [6.07, 6.45) is 3.20. The molecule has 0 amide bonds. The summed E-state index contributed by atoms with van der Waals surface area (Å²) in [6, 6.07) is 0. The summed E-state index contributed by atoms with van der Waals surface area (Å²) in [4.78, 5) is 0. The highest BCUT2D eigenvalue weighted by Crippen LogP contribution is 1.94. The van der Waals surface area contributed by atoms with Crippen molar-refractivity contribution in [1.29, 1.82) is 0 Å². The topological polar surface area (TPSA) is 52.0 Å². The van der Waals surface area contributed by atoms with E-state index in [1.54, 1.807) is 6.08 Å². The maximum absolute atomic E-state index is 5.48. The molecule has 0 fully saturated rings. The van der Waals surface area contributed by atoms with Crippen LogP contribution in [0.1, 0.15) is 13.8 Å². The fourth-order valence-electron chi connectivity index (χ4n) is 0.248. The molecular weight excluding hydrogens is 88.1 g/mol. The average molecular weight is 100 g/mol. The van der Waals surface area contributed by atoms with Crippen LogP contribution in [0.25, 0.3) is 0 Å². The van der Waals surface area contributed by atoms with Crippen molar-refractivity contribution < 1.29 is 0 Å². The molecule has 0 aliphatic carbocycles. The van der Waals surface area contributed by atoms with E-state index in [1.165, 1.54) is 6.20 Å². The Balaban J connectivity index is 3.56. The summed E-state index contributed by atoms with van der Waals surface area (Å²) in [6.45, 7) is 3.77. The Hall–Kier alpha value is -0.500. The lowest BCUT2D eigenvalue weighted by molar-refractivity contribution is 0.653. The summed E-state index contributed by atoms with van der Waals surface area (Å²) >= 11 is 0. The zero-order chi connectivity index (χ0) is 5.91. The molecule has 2 nitrogen and oxygen atoms in total. The van der Waals surface area contributed by atoms with Gasteiger partial charge in [-0.2, -0.15) is 0 Å². The average Bonchev–Trinajstić information content (AvgIpc) is 1.30. The summed E-state index contributed by atoms with van der Waals surface area (Å²) in [7, 11) is 0. The molecule has 0 aliphatic heterocycles. The van der Waals surface area contributed by atoms with E-state index in [0.29, 0.717) is 0 Å². The minimum atomic E-state index is -0.255. The summed E-state index contributed by atoms with van der Waals surface area (Å²) in [5, 5.41) is 0. The van der Waals surface area contributed by atoms with Crippen molar-refractivity contribution in [3.63, 3.8) is 0 Å². The first-order valence-electron chi connectivity index (χ1n) is 2.24. The first-order chi connectivity index (χ1) is 3.06. The normalized spacial score (nSPS) is 13.0. The first-order valence-corrected chi connectivity index (χ1v) is 2.24. The third kappa shape index (κ3) is 5.50. The Labute approximate surface area is 44.2 Å². The molecule has 0 aliphatic rings. The Bertz CT molecular complexity index is 68.6. The minimum absolute atomic E-state index is 0.255. The molecule has 0 unspecified atom stereocenters. The van der Waals surface area contributed by atoms with Gasteiger partial charge < -0.3 is 11.5 Å². The van der Waals surface area contributed by atoms with Gasteiger partial charge in [-0.25, -0.2) is 0 Å². The van der Waals surface area contributed by atoms with Crippen LogP contribution in [0, 0.1) is 0 Å². The molecule has 42 valence electrons. The van der Waals surface area contributed by atoms with Crippen LogP contribution < -0.4 is 11.5 Å². The van der Waals surface area contributed by atoms with Crippen LogP contribution >= 0.6 is 0 Å². The van der Waals surface area contributed by atoms with Crippen LogP contribution in [0.2, 0.25) is 0 Å². The molecule has 0 atom stereocenters. The van der Waals surface area contributed by atoms with E-state index >= 15 is 0 Å². The Morgan fingerprint density at radius 3 is 1.86 bits per heavy atom. The lowest BCUT2D eigenvalue weighted by atomic mass is 10.1. The van der Waals surface area contributed by atoms with E-state index in [0.717, 1.165) is 0 Å². The van der Waals surface area contributed by atoms with Gasteiger partial charge in [0.1, 0.15) is 0 Å². The predicted molar refractivity (Wildman–Crippen MR) is 31.6 cm³/mol. The Morgan fingerprint density at radius 2 is 1.86 bits per heavy atom. The van der Waals surface area contributed by atoms with Crippen molar-refractivity contribution in [3.05, 3.63) is 12.3 Å². The molecule has 0 spiro atoms. The van der Waals surface area contributed by atoms with Crippen LogP contribution in [0.15, 0.2) is 12.3 Å². The molecule has 0 aromatic heterocycles. The van der Waals surface area contributed by atoms with Crippen molar-refractivity contribution in [1.82, 2.24) is 0 Å². The third-order valence-electron chi connectivity index (χ3n) is 0.526. The Kier molecular flexibility index (Phi) is 1.84. The lowest BCUT2D eigenvalue weighted by Crippen LogP contribution is -2.28. The van der Waals surface area contributed by atoms with Crippen LogP contribution in [-0.2, 0) is 0 Å². The third-order valence-corrected chi connectivity index (χ3v) is 0.526. The molecular formula is C5H12N2. The quantitative estimate of drug-likeness (QED) is 0.494. The molecule has 0 rings (SSSR count). The molecule has 0 aromatic rings. The monoisotopic (exact) mass is 100 g/mol. The van der Waals surface area contributed by atoms with Crippen LogP contribution in [0.4, 0.5) is 0 Å². The van der Waals surface area contributed by atoms with E-state index < -0.39 is 0 Å². The summed E-state index contributed by atoms with van der Waals surface area (Å²) in [5.41, 5.74) is 10.3. The predicted octanol–water partition coefficient (Wildman–Crippen LogP) is 0.196. The molecule has 7 heavy (non-hydrogen) atoms. The molecule has 4 N–H and O–H groups in total. The molecule has 0 heterocycles. The highest BCUT2D eigenvalue weighted by Gasteiger charge is 2.01. The number of hydrogen-bond donors (Lipinski definition) is 2. The van der Waals surface area contributed by atoms with Gasteiger partial charge in [-0.3, -0.25) is 0 Å². The molecule has 2 heteroatoms. The smallest absolute Gasteiger partial charge is 0.0298 e. The second kappa shape index (κ2) is 1.98. The van der Waals surface area contributed by atoms with Crippen LogP contribution in [0.3, 0.4) is 0 Å². The minimum Gasteiger partial charge on any atom is -0.405 e. The van der Waals surface area contributed by atoms with Crippen LogP contribution in [0.5, 0.6) is 0 Å². The zero-order valence-corrected chi connectivity index (χ0v) is 4.81. The van der Waals surface area contributed by atoms with E-state index in [4.69, 9.17) is 11.5 Å². The number of rotatable bonds is 1. The second-order valence-corrected chi connectivity index (χ2v) is 2.18.